The average molecular weight is 249 g/mol. The van der Waals surface area contributed by atoms with Crippen molar-refractivity contribution < 1.29 is 9.84 Å². The first-order valence-corrected chi connectivity index (χ1v) is 6.66. The summed E-state index contributed by atoms with van der Waals surface area (Å²) >= 11 is 0. The Kier molecular flexibility index (Phi) is 4.25. The zero-order valence-corrected chi connectivity index (χ0v) is 11.5. The summed E-state index contributed by atoms with van der Waals surface area (Å²) in [6, 6.07) is 8.26. The SMILES string of the molecule is COc1ccccc1C(O)CN1CC(C)CC1C. The molecule has 3 unspecified atom stereocenters. The van der Waals surface area contributed by atoms with Crippen molar-refractivity contribution in [3.05, 3.63) is 29.8 Å². The van der Waals surface area contributed by atoms with Crippen molar-refractivity contribution in [2.24, 2.45) is 5.92 Å². The van der Waals surface area contributed by atoms with Crippen LogP contribution in [0, 0.1) is 5.92 Å². The maximum Gasteiger partial charge on any atom is 0.124 e. The van der Waals surface area contributed by atoms with Crippen molar-refractivity contribution in [2.45, 2.75) is 32.4 Å². The van der Waals surface area contributed by atoms with Gasteiger partial charge in [-0.2, -0.15) is 0 Å². The third-order valence-corrected chi connectivity index (χ3v) is 3.82. The lowest BCUT2D eigenvalue weighted by Crippen LogP contribution is -2.31. The zero-order valence-electron chi connectivity index (χ0n) is 11.5. The fourth-order valence-electron chi connectivity index (χ4n) is 2.90. The van der Waals surface area contributed by atoms with Gasteiger partial charge in [0.1, 0.15) is 5.75 Å². The number of methoxy groups -OCH3 is 1. The third-order valence-electron chi connectivity index (χ3n) is 3.82. The molecule has 1 N–H and O–H groups in total. The average Bonchev–Trinajstić information content (AvgIpc) is 2.67. The molecule has 1 heterocycles. The number of hydrogen-bond acceptors (Lipinski definition) is 3. The number of rotatable bonds is 4. The molecule has 0 saturated carbocycles. The molecule has 0 spiro atoms. The van der Waals surface area contributed by atoms with E-state index in [1.165, 1.54) is 6.42 Å². The van der Waals surface area contributed by atoms with Crippen molar-refractivity contribution in [1.29, 1.82) is 0 Å². The Morgan fingerprint density at radius 2 is 2.11 bits per heavy atom. The molecule has 3 nitrogen and oxygen atoms in total. The number of aliphatic hydroxyl groups is 1. The Bertz CT molecular complexity index is 394. The molecule has 2 rings (SSSR count). The van der Waals surface area contributed by atoms with Crippen LogP contribution in [-0.4, -0.2) is 36.2 Å². The fraction of sp³-hybridized carbons (Fsp3) is 0.600. The molecule has 1 aromatic carbocycles. The van der Waals surface area contributed by atoms with E-state index < -0.39 is 6.10 Å². The number of nitrogens with zero attached hydrogens (tertiary/aromatic N) is 1. The molecule has 1 aromatic rings. The highest BCUT2D eigenvalue weighted by Gasteiger charge is 2.28. The third kappa shape index (κ3) is 2.85. The number of hydrogen-bond donors (Lipinski definition) is 1. The van der Waals surface area contributed by atoms with Gasteiger partial charge < -0.3 is 9.84 Å². The molecule has 100 valence electrons. The Morgan fingerprint density at radius 1 is 1.39 bits per heavy atom. The zero-order chi connectivity index (χ0) is 13.1. The van der Waals surface area contributed by atoms with Gasteiger partial charge in [0.15, 0.2) is 0 Å². The van der Waals surface area contributed by atoms with E-state index in [1.54, 1.807) is 7.11 Å². The second-order valence-electron chi connectivity index (χ2n) is 5.40. The van der Waals surface area contributed by atoms with E-state index >= 15 is 0 Å². The van der Waals surface area contributed by atoms with E-state index in [0.29, 0.717) is 12.6 Å². The van der Waals surface area contributed by atoms with Crippen molar-refractivity contribution in [1.82, 2.24) is 4.90 Å². The first-order chi connectivity index (χ1) is 8.61. The van der Waals surface area contributed by atoms with Gasteiger partial charge in [-0.25, -0.2) is 0 Å². The highest BCUT2D eigenvalue weighted by molar-refractivity contribution is 5.35. The van der Waals surface area contributed by atoms with Crippen LogP contribution in [0.25, 0.3) is 0 Å². The van der Waals surface area contributed by atoms with Gasteiger partial charge in [-0.15, -0.1) is 0 Å². The van der Waals surface area contributed by atoms with Crippen molar-refractivity contribution in [3.63, 3.8) is 0 Å². The second kappa shape index (κ2) is 5.72. The molecule has 0 amide bonds. The predicted octanol–water partition coefficient (Wildman–Crippen LogP) is 2.46. The molecule has 0 aliphatic carbocycles. The Labute approximate surface area is 109 Å². The minimum atomic E-state index is -0.478. The number of aliphatic hydroxyl groups excluding tert-OH is 1. The van der Waals surface area contributed by atoms with E-state index in [1.807, 2.05) is 24.3 Å². The molecule has 3 heteroatoms. The largest absolute Gasteiger partial charge is 0.496 e. The van der Waals surface area contributed by atoms with Gasteiger partial charge >= 0.3 is 0 Å². The van der Waals surface area contributed by atoms with Crippen LogP contribution in [0.2, 0.25) is 0 Å². The van der Waals surface area contributed by atoms with E-state index in [9.17, 15) is 5.11 Å². The van der Waals surface area contributed by atoms with Gasteiger partial charge in [-0.1, -0.05) is 25.1 Å². The van der Waals surface area contributed by atoms with Crippen LogP contribution in [0.4, 0.5) is 0 Å². The maximum absolute atomic E-state index is 10.4. The van der Waals surface area contributed by atoms with Gasteiger partial charge in [0.25, 0.3) is 0 Å². The summed E-state index contributed by atoms with van der Waals surface area (Å²) in [7, 11) is 1.64. The molecule has 1 aliphatic heterocycles. The van der Waals surface area contributed by atoms with Crippen LogP contribution < -0.4 is 4.74 Å². The van der Waals surface area contributed by atoms with Crippen LogP contribution >= 0.6 is 0 Å². The molecule has 1 aliphatic rings. The summed E-state index contributed by atoms with van der Waals surface area (Å²) < 4.78 is 5.30. The number of ether oxygens (including phenoxy) is 1. The topological polar surface area (TPSA) is 32.7 Å². The molecule has 1 saturated heterocycles. The second-order valence-corrected chi connectivity index (χ2v) is 5.40. The van der Waals surface area contributed by atoms with Crippen LogP contribution in [0.1, 0.15) is 31.9 Å². The minimum Gasteiger partial charge on any atom is -0.496 e. The first kappa shape index (κ1) is 13.4. The summed E-state index contributed by atoms with van der Waals surface area (Å²) in [5, 5.41) is 10.4. The summed E-state index contributed by atoms with van der Waals surface area (Å²) in [5.74, 6) is 1.50. The molecule has 0 aromatic heterocycles. The molecular weight excluding hydrogens is 226 g/mol. The lowest BCUT2D eigenvalue weighted by molar-refractivity contribution is 0.106. The predicted molar refractivity (Wildman–Crippen MR) is 72.8 cm³/mol. The molecule has 18 heavy (non-hydrogen) atoms. The van der Waals surface area contributed by atoms with E-state index in [-0.39, 0.29) is 0 Å². The van der Waals surface area contributed by atoms with Crippen LogP contribution in [0.15, 0.2) is 24.3 Å². The van der Waals surface area contributed by atoms with Crippen LogP contribution in [0.3, 0.4) is 0 Å². The number of para-hydroxylation sites is 1. The fourth-order valence-corrected chi connectivity index (χ4v) is 2.90. The van der Waals surface area contributed by atoms with Crippen molar-refractivity contribution >= 4 is 0 Å². The van der Waals surface area contributed by atoms with Gasteiger partial charge in [0.05, 0.1) is 13.2 Å². The van der Waals surface area contributed by atoms with Crippen molar-refractivity contribution in [2.75, 3.05) is 20.2 Å². The Morgan fingerprint density at radius 3 is 2.72 bits per heavy atom. The van der Waals surface area contributed by atoms with E-state index in [0.717, 1.165) is 23.8 Å². The number of β-amino-alcohol motifs (C(OH)–C–C–N with tert-alkyl or cyclic N) is 1. The lowest BCUT2D eigenvalue weighted by Gasteiger charge is -2.25. The van der Waals surface area contributed by atoms with E-state index in [4.69, 9.17) is 4.74 Å². The van der Waals surface area contributed by atoms with Gasteiger partial charge in [0.2, 0.25) is 0 Å². The minimum absolute atomic E-state index is 0.478. The number of benzene rings is 1. The van der Waals surface area contributed by atoms with Gasteiger partial charge in [-0.05, 0) is 25.3 Å². The summed E-state index contributed by atoms with van der Waals surface area (Å²) in [6.45, 7) is 6.27. The Hall–Kier alpha value is -1.06. The molecule has 3 atom stereocenters. The maximum atomic E-state index is 10.4. The molecule has 1 fully saturated rings. The standard InChI is InChI=1S/C15H23NO2/c1-11-8-12(2)16(9-11)10-14(17)13-6-4-5-7-15(13)18-3/h4-7,11-12,14,17H,8-10H2,1-3H3. The Balaban J connectivity index is 2.05. The summed E-state index contributed by atoms with van der Waals surface area (Å²) in [6.07, 6.45) is 0.743. The molecular formula is C15H23NO2. The van der Waals surface area contributed by atoms with Crippen molar-refractivity contribution in [3.8, 4) is 5.75 Å². The highest BCUT2D eigenvalue weighted by atomic mass is 16.5. The highest BCUT2D eigenvalue weighted by Crippen LogP contribution is 2.29. The summed E-state index contributed by atoms with van der Waals surface area (Å²) in [4.78, 5) is 2.36. The van der Waals surface area contributed by atoms with Crippen LogP contribution in [-0.2, 0) is 0 Å². The van der Waals surface area contributed by atoms with E-state index in [2.05, 4.69) is 18.7 Å². The first-order valence-electron chi connectivity index (χ1n) is 6.66. The molecule has 0 radical (unpaired) electrons. The normalized spacial score (nSPS) is 26.2. The molecule has 0 bridgehead atoms. The smallest absolute Gasteiger partial charge is 0.124 e. The monoisotopic (exact) mass is 249 g/mol. The van der Waals surface area contributed by atoms with Gasteiger partial charge in [0, 0.05) is 24.7 Å². The number of likely N-dealkylation sites (tertiary alicyclic amines) is 1. The van der Waals surface area contributed by atoms with Gasteiger partial charge in [-0.3, -0.25) is 4.90 Å². The lowest BCUT2D eigenvalue weighted by atomic mass is 10.1. The van der Waals surface area contributed by atoms with Crippen LogP contribution in [0.5, 0.6) is 5.75 Å². The quantitative estimate of drug-likeness (QED) is 0.889. The summed E-state index contributed by atoms with van der Waals surface area (Å²) in [5.41, 5.74) is 0.881.